The van der Waals surface area contributed by atoms with E-state index in [2.05, 4.69) is 0 Å². The van der Waals surface area contributed by atoms with E-state index in [1.165, 1.54) is 20.3 Å². The van der Waals surface area contributed by atoms with Crippen LogP contribution in [0.25, 0.3) is 0 Å². The maximum absolute atomic E-state index is 13.7. The van der Waals surface area contributed by atoms with Gasteiger partial charge >= 0.3 is 0 Å². The van der Waals surface area contributed by atoms with Crippen molar-refractivity contribution in [1.29, 1.82) is 0 Å². The Bertz CT molecular complexity index is 643. The SMILES string of the molecule is COc1cc(C)cc(OC)c1OCC(O)c1c(F)cccc1F. The Morgan fingerprint density at radius 3 is 2.04 bits per heavy atom. The number of halogens is 2. The van der Waals surface area contributed by atoms with Gasteiger partial charge in [-0.2, -0.15) is 0 Å². The lowest BCUT2D eigenvalue weighted by Crippen LogP contribution is -2.14. The third kappa shape index (κ3) is 3.71. The number of aryl methyl sites for hydroxylation is 1. The van der Waals surface area contributed by atoms with E-state index in [9.17, 15) is 13.9 Å². The Hall–Kier alpha value is -2.34. The maximum Gasteiger partial charge on any atom is 0.203 e. The van der Waals surface area contributed by atoms with Crippen molar-refractivity contribution in [2.75, 3.05) is 20.8 Å². The summed E-state index contributed by atoms with van der Waals surface area (Å²) in [6.07, 6.45) is -1.47. The van der Waals surface area contributed by atoms with E-state index in [4.69, 9.17) is 14.2 Å². The van der Waals surface area contributed by atoms with Crippen LogP contribution in [0.15, 0.2) is 30.3 Å². The van der Waals surface area contributed by atoms with E-state index >= 15 is 0 Å². The zero-order valence-electron chi connectivity index (χ0n) is 13.1. The van der Waals surface area contributed by atoms with E-state index in [1.807, 2.05) is 6.92 Å². The summed E-state index contributed by atoms with van der Waals surface area (Å²) < 4.78 is 43.3. The molecule has 0 spiro atoms. The normalized spacial score (nSPS) is 11.9. The van der Waals surface area contributed by atoms with E-state index in [1.54, 1.807) is 12.1 Å². The molecule has 1 unspecified atom stereocenters. The second-order valence-corrected chi connectivity index (χ2v) is 4.96. The van der Waals surface area contributed by atoms with Gasteiger partial charge in [0.05, 0.1) is 19.8 Å². The molecule has 2 aromatic carbocycles. The van der Waals surface area contributed by atoms with Crippen molar-refractivity contribution in [3.63, 3.8) is 0 Å². The molecule has 1 atom stereocenters. The minimum Gasteiger partial charge on any atom is -0.493 e. The Morgan fingerprint density at radius 1 is 1.04 bits per heavy atom. The van der Waals surface area contributed by atoms with Crippen LogP contribution in [0.4, 0.5) is 8.78 Å². The van der Waals surface area contributed by atoms with E-state index < -0.39 is 23.3 Å². The van der Waals surface area contributed by atoms with Gasteiger partial charge in [0.15, 0.2) is 11.5 Å². The number of ether oxygens (including phenoxy) is 3. The smallest absolute Gasteiger partial charge is 0.203 e. The molecule has 0 bridgehead atoms. The number of benzene rings is 2. The molecule has 0 amide bonds. The minimum atomic E-state index is -1.47. The Kier molecular flexibility index (Phi) is 5.39. The second kappa shape index (κ2) is 7.28. The van der Waals surface area contributed by atoms with Gasteiger partial charge < -0.3 is 19.3 Å². The zero-order chi connectivity index (χ0) is 17.0. The predicted molar refractivity (Wildman–Crippen MR) is 81.1 cm³/mol. The third-order valence-corrected chi connectivity index (χ3v) is 3.32. The van der Waals surface area contributed by atoms with Crippen LogP contribution in [0, 0.1) is 18.6 Å². The van der Waals surface area contributed by atoms with E-state index in [-0.39, 0.29) is 12.4 Å². The molecule has 2 rings (SSSR count). The summed E-state index contributed by atoms with van der Waals surface area (Å²) in [6.45, 7) is 1.51. The van der Waals surface area contributed by atoms with Crippen LogP contribution in [0.5, 0.6) is 17.2 Å². The standard InChI is InChI=1S/C17H18F2O4/c1-10-7-14(21-2)17(15(8-10)22-3)23-9-13(20)16-11(18)5-4-6-12(16)19/h4-8,13,20H,9H2,1-3H3. The van der Waals surface area contributed by atoms with Crippen molar-refractivity contribution in [2.24, 2.45) is 0 Å². The fraction of sp³-hybridized carbons (Fsp3) is 0.294. The molecule has 0 saturated heterocycles. The molecule has 0 fully saturated rings. The van der Waals surface area contributed by atoms with Gasteiger partial charge in [-0.05, 0) is 36.8 Å². The first-order valence-corrected chi connectivity index (χ1v) is 6.95. The summed E-state index contributed by atoms with van der Waals surface area (Å²) in [4.78, 5) is 0. The van der Waals surface area contributed by atoms with Gasteiger partial charge in [0, 0.05) is 0 Å². The van der Waals surface area contributed by atoms with Gasteiger partial charge in [-0.15, -0.1) is 0 Å². The summed E-state index contributed by atoms with van der Waals surface area (Å²) in [6, 6.07) is 6.85. The molecule has 0 saturated carbocycles. The Balaban J connectivity index is 2.24. The van der Waals surface area contributed by atoms with Gasteiger partial charge in [-0.25, -0.2) is 8.78 Å². The fourth-order valence-electron chi connectivity index (χ4n) is 2.23. The molecule has 0 aliphatic rings. The molecule has 0 aliphatic carbocycles. The van der Waals surface area contributed by atoms with Crippen molar-refractivity contribution < 1.29 is 28.1 Å². The molecule has 124 valence electrons. The van der Waals surface area contributed by atoms with Crippen LogP contribution >= 0.6 is 0 Å². The summed E-state index contributed by atoms with van der Waals surface area (Å²) in [5.41, 5.74) is 0.462. The van der Waals surface area contributed by atoms with Crippen molar-refractivity contribution in [2.45, 2.75) is 13.0 Å². The number of rotatable bonds is 6. The van der Waals surface area contributed by atoms with Crippen molar-refractivity contribution in [3.05, 3.63) is 53.1 Å². The highest BCUT2D eigenvalue weighted by molar-refractivity contribution is 5.53. The maximum atomic E-state index is 13.7. The van der Waals surface area contributed by atoms with Gasteiger partial charge in [0.2, 0.25) is 5.75 Å². The minimum absolute atomic E-state index is 0.261. The molecular formula is C17H18F2O4. The van der Waals surface area contributed by atoms with Crippen LogP contribution in [-0.4, -0.2) is 25.9 Å². The molecule has 2 aromatic rings. The molecule has 0 aliphatic heterocycles. The van der Waals surface area contributed by atoms with Gasteiger partial charge in [0.1, 0.15) is 24.3 Å². The molecule has 6 heteroatoms. The summed E-state index contributed by atoms with van der Waals surface area (Å²) in [5.74, 6) is -0.588. The van der Waals surface area contributed by atoms with Gasteiger partial charge in [-0.3, -0.25) is 0 Å². The van der Waals surface area contributed by atoms with Crippen LogP contribution in [0.3, 0.4) is 0 Å². The van der Waals surface area contributed by atoms with Gasteiger partial charge in [0.25, 0.3) is 0 Å². The number of hydrogen-bond donors (Lipinski definition) is 1. The lowest BCUT2D eigenvalue weighted by atomic mass is 10.1. The Morgan fingerprint density at radius 2 is 1.57 bits per heavy atom. The first-order valence-electron chi connectivity index (χ1n) is 6.95. The predicted octanol–water partition coefficient (Wildman–Crippen LogP) is 3.40. The molecule has 0 aromatic heterocycles. The zero-order valence-corrected chi connectivity index (χ0v) is 13.1. The fourth-order valence-corrected chi connectivity index (χ4v) is 2.23. The topological polar surface area (TPSA) is 47.9 Å². The summed E-state index contributed by atoms with van der Waals surface area (Å²) >= 11 is 0. The first-order chi connectivity index (χ1) is 11.0. The highest BCUT2D eigenvalue weighted by Crippen LogP contribution is 2.39. The second-order valence-electron chi connectivity index (χ2n) is 4.96. The number of aliphatic hydroxyl groups is 1. The molecule has 1 N–H and O–H groups in total. The van der Waals surface area contributed by atoms with Crippen LogP contribution in [0.2, 0.25) is 0 Å². The van der Waals surface area contributed by atoms with Crippen LogP contribution < -0.4 is 14.2 Å². The quantitative estimate of drug-likeness (QED) is 0.885. The largest absolute Gasteiger partial charge is 0.493 e. The molecule has 23 heavy (non-hydrogen) atoms. The highest BCUT2D eigenvalue weighted by Gasteiger charge is 2.20. The summed E-state index contributed by atoms with van der Waals surface area (Å²) in [5, 5.41) is 10.0. The number of aliphatic hydroxyl groups excluding tert-OH is 1. The molecular weight excluding hydrogens is 306 g/mol. The average Bonchev–Trinajstić information content (AvgIpc) is 2.52. The molecule has 0 heterocycles. The van der Waals surface area contributed by atoms with E-state index in [0.29, 0.717) is 11.5 Å². The van der Waals surface area contributed by atoms with Crippen molar-refractivity contribution >= 4 is 0 Å². The van der Waals surface area contributed by atoms with Crippen molar-refractivity contribution in [1.82, 2.24) is 0 Å². The van der Waals surface area contributed by atoms with Crippen LogP contribution in [0.1, 0.15) is 17.2 Å². The van der Waals surface area contributed by atoms with Crippen molar-refractivity contribution in [3.8, 4) is 17.2 Å². The van der Waals surface area contributed by atoms with Gasteiger partial charge in [-0.1, -0.05) is 6.07 Å². The number of methoxy groups -OCH3 is 2. The average molecular weight is 324 g/mol. The van der Waals surface area contributed by atoms with E-state index in [0.717, 1.165) is 17.7 Å². The Labute approximate surface area is 133 Å². The highest BCUT2D eigenvalue weighted by atomic mass is 19.1. The first kappa shape index (κ1) is 17.0. The summed E-state index contributed by atoms with van der Waals surface area (Å²) in [7, 11) is 2.93. The third-order valence-electron chi connectivity index (χ3n) is 3.32. The van der Waals surface area contributed by atoms with Crippen LogP contribution in [-0.2, 0) is 0 Å². The lowest BCUT2D eigenvalue weighted by Gasteiger charge is -2.18. The molecule has 0 radical (unpaired) electrons. The monoisotopic (exact) mass is 324 g/mol. The lowest BCUT2D eigenvalue weighted by molar-refractivity contribution is 0.0978. The number of hydrogen-bond acceptors (Lipinski definition) is 4. The molecule has 4 nitrogen and oxygen atoms in total.